The maximum atomic E-state index is 11.3. The van der Waals surface area contributed by atoms with Crippen molar-refractivity contribution in [2.45, 2.75) is 19.9 Å². The van der Waals surface area contributed by atoms with Crippen molar-refractivity contribution in [3.05, 3.63) is 22.6 Å². The first-order valence-electron chi connectivity index (χ1n) is 5.49. The number of hydrogen-bond donors (Lipinski definition) is 2. The van der Waals surface area contributed by atoms with Crippen LogP contribution in [0.5, 0.6) is 0 Å². The van der Waals surface area contributed by atoms with Crippen LogP contribution in [0.2, 0.25) is 0 Å². The van der Waals surface area contributed by atoms with Crippen molar-refractivity contribution < 1.29 is 4.74 Å². The summed E-state index contributed by atoms with van der Waals surface area (Å²) in [7, 11) is 0. The van der Waals surface area contributed by atoms with Crippen LogP contribution < -0.4 is 11.0 Å². The van der Waals surface area contributed by atoms with E-state index in [4.69, 9.17) is 4.74 Å². The number of anilines is 1. The Morgan fingerprint density at radius 2 is 2.41 bits per heavy atom. The fourth-order valence-electron chi connectivity index (χ4n) is 1.47. The van der Waals surface area contributed by atoms with Gasteiger partial charge < -0.3 is 10.1 Å². The van der Waals surface area contributed by atoms with Crippen molar-refractivity contribution in [2.24, 2.45) is 0 Å². The number of aromatic nitrogens is 4. The zero-order valence-corrected chi connectivity index (χ0v) is 9.80. The lowest BCUT2D eigenvalue weighted by Crippen LogP contribution is -2.23. The molecule has 0 bridgehead atoms. The lowest BCUT2D eigenvalue weighted by atomic mass is 10.3. The molecule has 0 fully saturated rings. The third-order valence-electron chi connectivity index (χ3n) is 2.24. The van der Waals surface area contributed by atoms with E-state index in [1.807, 2.05) is 13.8 Å². The zero-order valence-electron chi connectivity index (χ0n) is 9.80. The average Bonchev–Trinajstić information content (AvgIpc) is 2.68. The number of nitrogens with zero attached hydrogens (tertiary/aromatic N) is 3. The molecule has 2 rings (SSSR count). The first-order valence-corrected chi connectivity index (χ1v) is 5.49. The fourth-order valence-corrected chi connectivity index (χ4v) is 1.47. The summed E-state index contributed by atoms with van der Waals surface area (Å²) in [4.78, 5) is 11.3. The van der Waals surface area contributed by atoms with Gasteiger partial charge in [0, 0.05) is 12.6 Å². The molecule has 0 saturated heterocycles. The Hall–Kier alpha value is -1.89. The van der Waals surface area contributed by atoms with Gasteiger partial charge in [-0.25, -0.2) is 9.89 Å². The first kappa shape index (κ1) is 11.6. The van der Waals surface area contributed by atoms with Gasteiger partial charge in [-0.1, -0.05) is 0 Å². The zero-order chi connectivity index (χ0) is 12.3. The van der Waals surface area contributed by atoms with E-state index in [-0.39, 0.29) is 11.7 Å². The third-order valence-corrected chi connectivity index (χ3v) is 2.24. The van der Waals surface area contributed by atoms with Crippen LogP contribution in [0, 0.1) is 0 Å². The molecular weight excluding hydrogens is 222 g/mol. The van der Waals surface area contributed by atoms with Crippen LogP contribution in [0.15, 0.2) is 16.9 Å². The highest BCUT2D eigenvalue weighted by atomic mass is 16.5. The van der Waals surface area contributed by atoms with E-state index >= 15 is 0 Å². The van der Waals surface area contributed by atoms with Gasteiger partial charge in [-0.3, -0.25) is 0 Å². The number of ether oxygens (including phenoxy) is 1. The van der Waals surface area contributed by atoms with Crippen LogP contribution in [-0.2, 0) is 4.74 Å². The molecule has 0 radical (unpaired) electrons. The van der Waals surface area contributed by atoms with E-state index in [0.29, 0.717) is 24.7 Å². The Morgan fingerprint density at radius 3 is 3.18 bits per heavy atom. The molecule has 7 heteroatoms. The van der Waals surface area contributed by atoms with Crippen LogP contribution in [0.4, 0.5) is 5.82 Å². The molecule has 0 saturated carbocycles. The van der Waals surface area contributed by atoms with Crippen molar-refractivity contribution in [2.75, 3.05) is 18.5 Å². The summed E-state index contributed by atoms with van der Waals surface area (Å²) < 4.78 is 6.50. The average molecular weight is 237 g/mol. The van der Waals surface area contributed by atoms with Crippen molar-refractivity contribution in [1.29, 1.82) is 0 Å². The number of nitrogens with one attached hydrogen (secondary N) is 2. The van der Waals surface area contributed by atoms with Crippen LogP contribution in [0.1, 0.15) is 13.8 Å². The van der Waals surface area contributed by atoms with Gasteiger partial charge in [0.15, 0.2) is 5.65 Å². The number of H-pyrrole nitrogens is 1. The van der Waals surface area contributed by atoms with Gasteiger partial charge in [-0.05, 0) is 26.0 Å². The lowest BCUT2D eigenvalue weighted by molar-refractivity contribution is 0.141. The van der Waals surface area contributed by atoms with Crippen molar-refractivity contribution in [3.63, 3.8) is 0 Å². The molecule has 1 atom stereocenters. The SMILES string of the molecule is CCOCC(C)Nc1ccc2n[nH]c(=O)n2n1. The van der Waals surface area contributed by atoms with Gasteiger partial charge in [-0.15, -0.1) is 5.10 Å². The Balaban J connectivity index is 2.13. The molecule has 0 aliphatic rings. The molecular formula is C10H15N5O2. The standard InChI is InChI=1S/C10H15N5O2/c1-3-17-6-7(2)11-8-4-5-9-12-13-10(16)15(9)14-8/h4-5,7H,3,6H2,1-2H3,(H,11,14)(H,13,16). The number of rotatable bonds is 5. The predicted octanol–water partition coefficient (Wildman–Crippen LogP) is 0.254. The number of fused-ring (bicyclic) bond motifs is 1. The van der Waals surface area contributed by atoms with Crippen LogP contribution in [-0.4, -0.2) is 39.1 Å². The van der Waals surface area contributed by atoms with Crippen molar-refractivity contribution in [1.82, 2.24) is 19.8 Å². The molecule has 7 nitrogen and oxygen atoms in total. The summed E-state index contributed by atoms with van der Waals surface area (Å²) >= 11 is 0. The molecule has 0 aliphatic heterocycles. The summed E-state index contributed by atoms with van der Waals surface area (Å²) in [6.07, 6.45) is 0. The largest absolute Gasteiger partial charge is 0.380 e. The fraction of sp³-hybridized carbons (Fsp3) is 0.500. The minimum Gasteiger partial charge on any atom is -0.380 e. The molecule has 0 aromatic carbocycles. The van der Waals surface area contributed by atoms with E-state index in [0.717, 1.165) is 0 Å². The van der Waals surface area contributed by atoms with E-state index in [2.05, 4.69) is 20.6 Å². The van der Waals surface area contributed by atoms with Crippen LogP contribution >= 0.6 is 0 Å². The molecule has 0 spiro atoms. The van der Waals surface area contributed by atoms with Crippen molar-refractivity contribution in [3.8, 4) is 0 Å². The Morgan fingerprint density at radius 1 is 1.59 bits per heavy atom. The second kappa shape index (κ2) is 4.96. The van der Waals surface area contributed by atoms with Crippen LogP contribution in [0.25, 0.3) is 5.65 Å². The number of aromatic amines is 1. The molecule has 92 valence electrons. The van der Waals surface area contributed by atoms with E-state index in [1.165, 1.54) is 4.52 Å². The summed E-state index contributed by atoms with van der Waals surface area (Å²) in [6.45, 7) is 5.21. The highest BCUT2D eigenvalue weighted by Gasteiger charge is 2.05. The molecule has 17 heavy (non-hydrogen) atoms. The van der Waals surface area contributed by atoms with Gasteiger partial charge in [0.1, 0.15) is 5.82 Å². The van der Waals surface area contributed by atoms with Gasteiger partial charge in [0.25, 0.3) is 0 Å². The molecule has 0 aliphatic carbocycles. The Kier molecular flexibility index (Phi) is 3.38. The van der Waals surface area contributed by atoms with Gasteiger partial charge in [0.05, 0.1) is 6.61 Å². The molecule has 2 aromatic heterocycles. The van der Waals surface area contributed by atoms with Crippen LogP contribution in [0.3, 0.4) is 0 Å². The maximum absolute atomic E-state index is 11.3. The normalized spacial score (nSPS) is 12.8. The summed E-state index contributed by atoms with van der Waals surface area (Å²) in [5.41, 5.74) is 0.152. The molecule has 0 amide bonds. The van der Waals surface area contributed by atoms with E-state index in [1.54, 1.807) is 12.1 Å². The topological polar surface area (TPSA) is 84.3 Å². The van der Waals surface area contributed by atoms with Crippen molar-refractivity contribution >= 4 is 11.5 Å². The summed E-state index contributed by atoms with van der Waals surface area (Å²) in [5, 5.41) is 13.4. The quantitative estimate of drug-likeness (QED) is 0.779. The first-order chi connectivity index (χ1) is 8.20. The van der Waals surface area contributed by atoms with Gasteiger partial charge in [-0.2, -0.15) is 9.61 Å². The van der Waals surface area contributed by atoms with E-state index in [9.17, 15) is 4.79 Å². The monoisotopic (exact) mass is 237 g/mol. The third kappa shape index (κ3) is 2.62. The Bertz CT molecular complexity index is 547. The highest BCUT2D eigenvalue weighted by Crippen LogP contribution is 2.04. The minimum absolute atomic E-state index is 0.127. The molecule has 2 N–H and O–H groups in total. The summed E-state index contributed by atoms with van der Waals surface area (Å²) in [5.74, 6) is 0.619. The second-order valence-corrected chi connectivity index (χ2v) is 3.72. The summed E-state index contributed by atoms with van der Waals surface area (Å²) in [6, 6.07) is 3.63. The van der Waals surface area contributed by atoms with Gasteiger partial charge in [0.2, 0.25) is 0 Å². The maximum Gasteiger partial charge on any atom is 0.364 e. The predicted molar refractivity (Wildman–Crippen MR) is 63.2 cm³/mol. The highest BCUT2D eigenvalue weighted by molar-refractivity contribution is 5.43. The lowest BCUT2D eigenvalue weighted by Gasteiger charge is -2.13. The molecule has 2 heterocycles. The number of hydrogen-bond acceptors (Lipinski definition) is 5. The minimum atomic E-state index is -0.346. The molecule has 2 aromatic rings. The smallest absolute Gasteiger partial charge is 0.364 e. The molecule has 1 unspecified atom stereocenters. The van der Waals surface area contributed by atoms with Gasteiger partial charge >= 0.3 is 5.69 Å². The van der Waals surface area contributed by atoms with E-state index < -0.39 is 0 Å². The second-order valence-electron chi connectivity index (χ2n) is 3.72. The Labute approximate surface area is 97.8 Å².